The molecule has 0 aromatic carbocycles. The summed E-state index contributed by atoms with van der Waals surface area (Å²) in [7, 11) is 0. The summed E-state index contributed by atoms with van der Waals surface area (Å²) in [5.41, 5.74) is -0.0193. The number of allylic oxidation sites excluding steroid dienone is 2. The molecule has 2 aromatic rings. The Hall–Kier alpha value is -2.90. The summed E-state index contributed by atoms with van der Waals surface area (Å²) in [4.78, 5) is 22.4. The Morgan fingerprint density at radius 3 is 2.65 bits per heavy atom. The molecule has 1 saturated heterocycles. The standard InChI is InChI=1S/C23H23F3N3O2/c24-23(25,26)21-17(9-5-11-27-21)16-7-4-8-18(22(30)31)19(16)14-15-6-3-10-20(28-15)29-12-1-2-13-29/h3,5-11,18-19H,1-2,4,12-14H2,(H,30,31). The molecule has 1 N–H and O–H groups in total. The lowest BCUT2D eigenvalue weighted by atomic mass is 9.73. The van der Waals surface area contributed by atoms with Gasteiger partial charge in [-0.15, -0.1) is 0 Å². The highest BCUT2D eigenvalue weighted by Crippen LogP contribution is 2.42. The van der Waals surface area contributed by atoms with Crippen LogP contribution in [0.2, 0.25) is 0 Å². The van der Waals surface area contributed by atoms with Crippen LogP contribution < -0.4 is 4.90 Å². The number of anilines is 1. The number of carboxylic acid groups (broad SMARTS) is 1. The van der Waals surface area contributed by atoms with Crippen molar-refractivity contribution in [1.82, 2.24) is 9.97 Å². The summed E-state index contributed by atoms with van der Waals surface area (Å²) >= 11 is 0. The number of hydrogen-bond acceptors (Lipinski definition) is 4. The van der Waals surface area contributed by atoms with Gasteiger partial charge < -0.3 is 10.0 Å². The van der Waals surface area contributed by atoms with Crippen molar-refractivity contribution >= 4 is 17.4 Å². The molecule has 8 heteroatoms. The van der Waals surface area contributed by atoms with Gasteiger partial charge in [-0.05, 0) is 55.9 Å². The summed E-state index contributed by atoms with van der Waals surface area (Å²) < 4.78 is 40.8. The van der Waals surface area contributed by atoms with E-state index in [9.17, 15) is 23.1 Å². The number of aliphatic carboxylic acids is 1. The molecule has 1 radical (unpaired) electrons. The monoisotopic (exact) mass is 430 g/mol. The van der Waals surface area contributed by atoms with Crippen LogP contribution in [-0.4, -0.2) is 34.1 Å². The predicted octanol–water partition coefficient (Wildman–Crippen LogP) is 4.65. The Bertz CT molecular complexity index is 984. The first-order chi connectivity index (χ1) is 14.8. The van der Waals surface area contributed by atoms with Gasteiger partial charge in [0.05, 0.1) is 5.92 Å². The van der Waals surface area contributed by atoms with E-state index in [0.717, 1.165) is 37.9 Å². The Labute approximate surface area is 178 Å². The zero-order chi connectivity index (χ0) is 22.0. The summed E-state index contributed by atoms with van der Waals surface area (Å²) in [5.74, 6) is -1.80. The Kier molecular flexibility index (Phi) is 5.98. The SMILES string of the molecule is O=C(O)C1[CH]CC=C(c2cccnc2C(F)(F)F)C1Cc1cccc(N2CCCC2)n1. The fourth-order valence-electron chi connectivity index (χ4n) is 4.46. The van der Waals surface area contributed by atoms with Crippen molar-refractivity contribution < 1.29 is 23.1 Å². The van der Waals surface area contributed by atoms with Crippen molar-refractivity contribution in [2.45, 2.75) is 31.9 Å². The largest absolute Gasteiger partial charge is 0.481 e. The summed E-state index contributed by atoms with van der Waals surface area (Å²) in [6, 6.07) is 8.40. The number of rotatable bonds is 5. The summed E-state index contributed by atoms with van der Waals surface area (Å²) in [6.45, 7) is 1.84. The zero-order valence-corrected chi connectivity index (χ0v) is 16.8. The van der Waals surface area contributed by atoms with Gasteiger partial charge in [-0.2, -0.15) is 13.2 Å². The molecule has 163 valence electrons. The smallest absolute Gasteiger partial charge is 0.433 e. The van der Waals surface area contributed by atoms with E-state index in [4.69, 9.17) is 4.98 Å². The first-order valence-electron chi connectivity index (χ1n) is 10.3. The molecule has 1 fully saturated rings. The molecule has 0 amide bonds. The highest BCUT2D eigenvalue weighted by Gasteiger charge is 2.40. The number of pyridine rings is 2. The first kappa shape index (κ1) is 21.3. The molecule has 2 aliphatic rings. The van der Waals surface area contributed by atoms with E-state index < -0.39 is 29.7 Å². The van der Waals surface area contributed by atoms with Gasteiger partial charge in [0.1, 0.15) is 5.82 Å². The van der Waals surface area contributed by atoms with E-state index in [1.54, 1.807) is 18.6 Å². The molecule has 1 aliphatic heterocycles. The minimum absolute atomic E-state index is 0.0601. The molecule has 1 aliphatic carbocycles. The molecule has 31 heavy (non-hydrogen) atoms. The zero-order valence-electron chi connectivity index (χ0n) is 16.8. The van der Waals surface area contributed by atoms with E-state index in [1.165, 1.54) is 12.1 Å². The fourth-order valence-corrected chi connectivity index (χ4v) is 4.46. The van der Waals surface area contributed by atoms with E-state index in [1.807, 2.05) is 12.1 Å². The Morgan fingerprint density at radius 1 is 1.16 bits per heavy atom. The van der Waals surface area contributed by atoms with Crippen molar-refractivity contribution in [1.29, 1.82) is 0 Å². The molecular weight excluding hydrogens is 407 g/mol. The molecule has 2 atom stereocenters. The quantitative estimate of drug-likeness (QED) is 0.748. The Balaban J connectivity index is 1.71. The van der Waals surface area contributed by atoms with Crippen molar-refractivity contribution in [2.24, 2.45) is 11.8 Å². The minimum atomic E-state index is -4.63. The van der Waals surface area contributed by atoms with E-state index >= 15 is 0 Å². The van der Waals surface area contributed by atoms with Crippen molar-refractivity contribution in [3.8, 4) is 0 Å². The van der Waals surface area contributed by atoms with Gasteiger partial charge in [0.15, 0.2) is 5.69 Å². The van der Waals surface area contributed by atoms with Crippen LogP contribution in [0.1, 0.15) is 36.2 Å². The maximum atomic E-state index is 13.6. The highest BCUT2D eigenvalue weighted by molar-refractivity contribution is 5.80. The van der Waals surface area contributed by atoms with Crippen LogP contribution in [0.15, 0.2) is 42.6 Å². The molecule has 2 unspecified atom stereocenters. The van der Waals surface area contributed by atoms with Gasteiger partial charge in [-0.25, -0.2) is 4.98 Å². The van der Waals surface area contributed by atoms with Gasteiger partial charge in [-0.3, -0.25) is 9.78 Å². The second-order valence-corrected chi connectivity index (χ2v) is 7.88. The highest BCUT2D eigenvalue weighted by atomic mass is 19.4. The lowest BCUT2D eigenvalue weighted by molar-refractivity contribution is -0.141. The van der Waals surface area contributed by atoms with Crippen LogP contribution in [0.5, 0.6) is 0 Å². The van der Waals surface area contributed by atoms with Crippen molar-refractivity contribution in [3.05, 3.63) is 66.0 Å². The maximum absolute atomic E-state index is 13.6. The second kappa shape index (κ2) is 8.69. The molecular formula is C23H23F3N3O2. The maximum Gasteiger partial charge on any atom is 0.433 e. The van der Waals surface area contributed by atoms with Gasteiger partial charge in [0.2, 0.25) is 0 Å². The number of aromatic nitrogens is 2. The number of carboxylic acids is 1. The molecule has 5 nitrogen and oxygen atoms in total. The van der Waals surface area contributed by atoms with Crippen LogP contribution in [0.4, 0.5) is 19.0 Å². The molecule has 0 bridgehead atoms. The first-order valence-corrected chi connectivity index (χ1v) is 10.3. The molecule has 4 rings (SSSR count). The van der Waals surface area contributed by atoms with Gasteiger partial charge in [0, 0.05) is 36.5 Å². The Morgan fingerprint density at radius 2 is 1.94 bits per heavy atom. The number of nitrogens with zero attached hydrogens (tertiary/aromatic N) is 3. The summed E-state index contributed by atoms with van der Waals surface area (Å²) in [6.07, 6.45) is 2.51. The third-order valence-electron chi connectivity index (χ3n) is 5.88. The number of halogens is 3. The van der Waals surface area contributed by atoms with Gasteiger partial charge in [0.25, 0.3) is 0 Å². The molecule has 3 heterocycles. The van der Waals surface area contributed by atoms with E-state index in [0.29, 0.717) is 11.3 Å². The topological polar surface area (TPSA) is 66.3 Å². The predicted molar refractivity (Wildman–Crippen MR) is 110 cm³/mol. The minimum Gasteiger partial charge on any atom is -0.481 e. The number of alkyl halides is 3. The normalized spacial score (nSPS) is 21.8. The lowest BCUT2D eigenvalue weighted by Crippen LogP contribution is -2.30. The third kappa shape index (κ3) is 4.57. The van der Waals surface area contributed by atoms with Crippen LogP contribution in [0.3, 0.4) is 0 Å². The van der Waals surface area contributed by atoms with Crippen LogP contribution in [0, 0.1) is 18.3 Å². The molecule has 2 aromatic heterocycles. The average Bonchev–Trinajstić information content (AvgIpc) is 3.28. The van der Waals surface area contributed by atoms with Crippen LogP contribution >= 0.6 is 0 Å². The number of hydrogen-bond donors (Lipinski definition) is 1. The summed E-state index contributed by atoms with van der Waals surface area (Å²) in [5, 5.41) is 9.78. The van der Waals surface area contributed by atoms with Crippen molar-refractivity contribution in [2.75, 3.05) is 18.0 Å². The lowest BCUT2D eigenvalue weighted by Gasteiger charge is -2.31. The molecule has 0 saturated carbocycles. The molecule has 0 spiro atoms. The van der Waals surface area contributed by atoms with Gasteiger partial charge in [-0.1, -0.05) is 18.2 Å². The van der Waals surface area contributed by atoms with E-state index in [-0.39, 0.29) is 18.4 Å². The average molecular weight is 430 g/mol. The van der Waals surface area contributed by atoms with Crippen LogP contribution in [-0.2, 0) is 17.4 Å². The second-order valence-electron chi connectivity index (χ2n) is 7.88. The third-order valence-corrected chi connectivity index (χ3v) is 5.88. The van der Waals surface area contributed by atoms with Crippen LogP contribution in [0.25, 0.3) is 5.57 Å². The van der Waals surface area contributed by atoms with Crippen molar-refractivity contribution in [3.63, 3.8) is 0 Å². The number of carbonyl (C=O) groups is 1. The van der Waals surface area contributed by atoms with E-state index in [2.05, 4.69) is 9.88 Å². The van der Waals surface area contributed by atoms with Gasteiger partial charge >= 0.3 is 12.1 Å². The fraction of sp³-hybridized carbons (Fsp3) is 0.391.